The SMILES string of the molecule is C=[N+]=[N-].[Na+].[OH-]. The van der Waals surface area contributed by atoms with Crippen molar-refractivity contribution in [3.63, 3.8) is 0 Å². The van der Waals surface area contributed by atoms with Gasteiger partial charge in [-0.1, -0.05) is 0 Å². The number of nitrogens with zero attached hydrogens (tertiary/aromatic N) is 2. The van der Waals surface area contributed by atoms with Crippen molar-refractivity contribution in [1.29, 1.82) is 0 Å². The third kappa shape index (κ3) is 206. The standard InChI is InChI=1S/CH2N2.Na.H2O/c1-3-2;;/h1H2;;1H2/q;+1;/p-1. The minimum absolute atomic E-state index is 0. The Morgan fingerprint density at radius 1 is 1.60 bits per heavy atom. The van der Waals surface area contributed by atoms with Crippen LogP contribution in [0.4, 0.5) is 0 Å². The van der Waals surface area contributed by atoms with Gasteiger partial charge in [-0.15, -0.1) is 0 Å². The van der Waals surface area contributed by atoms with Gasteiger partial charge >= 0.3 is 29.6 Å². The normalized spacial score (nSPS) is 1.60. The summed E-state index contributed by atoms with van der Waals surface area (Å²) in [7, 11) is 0. The quantitative estimate of drug-likeness (QED) is 0.131. The molecule has 0 aromatic heterocycles. The Bertz CT molecular complexity index is 30.6. The maximum Gasteiger partial charge on any atom is 1.00 e. The van der Waals surface area contributed by atoms with Gasteiger partial charge in [0, 0.05) is 0 Å². The van der Waals surface area contributed by atoms with Gasteiger partial charge in [0.05, 0.1) is 0 Å². The van der Waals surface area contributed by atoms with E-state index >= 15 is 0 Å². The Labute approximate surface area is 52.2 Å². The molecule has 0 atom stereocenters. The second kappa shape index (κ2) is 27.0. The summed E-state index contributed by atoms with van der Waals surface area (Å²) in [6, 6.07) is 0. The molecular weight excluding hydrogens is 79.0 g/mol. The average molecular weight is 82.0 g/mol. The summed E-state index contributed by atoms with van der Waals surface area (Å²) in [4.78, 5) is 2.25. The van der Waals surface area contributed by atoms with Crippen molar-refractivity contribution in [2.45, 2.75) is 0 Å². The molecule has 4 heteroatoms. The molecule has 0 bridgehead atoms. The molecule has 3 nitrogen and oxygen atoms in total. The molecule has 0 saturated carbocycles. The van der Waals surface area contributed by atoms with Crippen molar-refractivity contribution in [3.05, 3.63) is 5.53 Å². The molecule has 0 aliphatic rings. The molecule has 0 heterocycles. The van der Waals surface area contributed by atoms with E-state index in [1.807, 2.05) is 0 Å². The van der Waals surface area contributed by atoms with E-state index in [9.17, 15) is 0 Å². The van der Waals surface area contributed by atoms with Gasteiger partial charge in [-0.25, -0.2) is 0 Å². The van der Waals surface area contributed by atoms with Gasteiger partial charge < -0.3 is 11.0 Å². The molecule has 0 amide bonds. The van der Waals surface area contributed by atoms with Crippen molar-refractivity contribution in [1.82, 2.24) is 0 Å². The number of rotatable bonds is 0. The molecule has 0 aliphatic carbocycles. The summed E-state index contributed by atoms with van der Waals surface area (Å²) in [5.41, 5.74) is 7.08. The molecule has 1 N–H and O–H groups in total. The first-order valence-electron chi connectivity index (χ1n) is 0.516. The second-order valence-electron chi connectivity index (χ2n) is 0.141. The van der Waals surface area contributed by atoms with Crippen LogP contribution in [0.25, 0.3) is 5.53 Å². The topological polar surface area (TPSA) is 66.4 Å². The van der Waals surface area contributed by atoms with E-state index in [4.69, 9.17) is 5.53 Å². The third-order valence-corrected chi connectivity index (χ3v) is 0. The number of hydrogen-bond acceptors (Lipinski definition) is 1. The zero-order valence-electron chi connectivity index (χ0n) is 3.05. The van der Waals surface area contributed by atoms with Crippen LogP contribution in [-0.4, -0.2) is 17.0 Å². The van der Waals surface area contributed by atoms with Gasteiger partial charge in [-0.3, -0.25) is 0 Å². The molecule has 0 aromatic carbocycles. The maximum atomic E-state index is 7.08. The van der Waals surface area contributed by atoms with Crippen LogP contribution in [0, 0.1) is 0 Å². The molecule has 0 aromatic rings. The molecule has 0 saturated heterocycles. The molecule has 0 spiro atoms. The Morgan fingerprint density at radius 3 is 1.60 bits per heavy atom. The van der Waals surface area contributed by atoms with Crippen LogP contribution in [0.1, 0.15) is 0 Å². The molecular formula is CH3N2NaO. The van der Waals surface area contributed by atoms with Crippen molar-refractivity contribution in [3.8, 4) is 0 Å². The van der Waals surface area contributed by atoms with Crippen molar-refractivity contribution < 1.29 is 39.8 Å². The fourth-order valence-corrected chi connectivity index (χ4v) is 0. The van der Waals surface area contributed by atoms with Crippen LogP contribution >= 0.6 is 0 Å². The zero-order valence-corrected chi connectivity index (χ0v) is 5.05. The Kier molecular flexibility index (Phi) is 99.1. The zero-order chi connectivity index (χ0) is 2.71. The monoisotopic (exact) mass is 82.0 g/mol. The largest absolute Gasteiger partial charge is 1.00 e. The van der Waals surface area contributed by atoms with E-state index < -0.39 is 0 Å². The van der Waals surface area contributed by atoms with Crippen LogP contribution in [0.3, 0.4) is 0 Å². The molecule has 5 heavy (non-hydrogen) atoms. The summed E-state index contributed by atoms with van der Waals surface area (Å²) in [6.07, 6.45) is 0. The molecule has 0 rings (SSSR count). The molecule has 24 valence electrons. The van der Waals surface area contributed by atoms with Gasteiger partial charge in [-0.05, 0) is 0 Å². The van der Waals surface area contributed by atoms with Crippen LogP contribution < -0.4 is 29.6 Å². The van der Waals surface area contributed by atoms with Crippen molar-refractivity contribution in [2.24, 2.45) is 0 Å². The molecule has 0 fully saturated rings. The second-order valence-corrected chi connectivity index (χ2v) is 0.141. The van der Waals surface area contributed by atoms with Crippen molar-refractivity contribution >= 4 is 6.72 Å². The van der Waals surface area contributed by atoms with E-state index in [2.05, 4.69) is 11.5 Å². The van der Waals surface area contributed by atoms with Crippen LogP contribution in [0.5, 0.6) is 0 Å². The van der Waals surface area contributed by atoms with Crippen molar-refractivity contribution in [2.75, 3.05) is 0 Å². The molecule has 0 unspecified atom stereocenters. The van der Waals surface area contributed by atoms with E-state index in [0.717, 1.165) is 0 Å². The first kappa shape index (κ1) is 18.4. The van der Waals surface area contributed by atoms with Gasteiger partial charge in [0.25, 0.3) is 0 Å². The van der Waals surface area contributed by atoms with Crippen LogP contribution in [0.15, 0.2) is 0 Å². The minimum atomic E-state index is 0. The van der Waals surface area contributed by atoms with E-state index in [1.54, 1.807) is 0 Å². The van der Waals surface area contributed by atoms with Crippen LogP contribution in [0.2, 0.25) is 0 Å². The predicted molar refractivity (Wildman–Crippen MR) is 12.7 cm³/mol. The third-order valence-electron chi connectivity index (χ3n) is 0. The smallest absolute Gasteiger partial charge is 0.870 e. The van der Waals surface area contributed by atoms with Gasteiger partial charge in [0.2, 0.25) is 6.72 Å². The number of hydrogen-bond donors (Lipinski definition) is 0. The van der Waals surface area contributed by atoms with E-state index in [0.29, 0.717) is 0 Å². The summed E-state index contributed by atoms with van der Waals surface area (Å²) in [5.74, 6) is 0. The average Bonchev–Trinajstić information content (AvgIpc) is 0.918. The molecule has 0 aliphatic heterocycles. The summed E-state index contributed by atoms with van der Waals surface area (Å²) < 4.78 is 0. The Morgan fingerprint density at radius 2 is 1.60 bits per heavy atom. The van der Waals surface area contributed by atoms with E-state index in [1.165, 1.54) is 0 Å². The van der Waals surface area contributed by atoms with Gasteiger partial charge in [-0.2, -0.15) is 4.79 Å². The molecule has 0 radical (unpaired) electrons. The van der Waals surface area contributed by atoms with Gasteiger partial charge in [0.15, 0.2) is 0 Å². The summed E-state index contributed by atoms with van der Waals surface area (Å²) in [5, 5.41) is 0. The summed E-state index contributed by atoms with van der Waals surface area (Å²) >= 11 is 0. The van der Waals surface area contributed by atoms with Crippen LogP contribution in [-0.2, 0) is 0 Å². The Hall–Kier alpha value is 0.340. The van der Waals surface area contributed by atoms with Gasteiger partial charge in [0.1, 0.15) is 0 Å². The first-order valence-corrected chi connectivity index (χ1v) is 0.516. The Balaban J connectivity index is -0.0000000200. The first-order chi connectivity index (χ1) is 1.41. The van der Waals surface area contributed by atoms with E-state index in [-0.39, 0.29) is 35.0 Å². The summed E-state index contributed by atoms with van der Waals surface area (Å²) in [6.45, 7) is 2.67. The maximum absolute atomic E-state index is 7.08. The predicted octanol–water partition coefficient (Wildman–Crippen LogP) is -3.26. The minimum Gasteiger partial charge on any atom is -0.870 e. The fourth-order valence-electron chi connectivity index (χ4n) is 0. The fraction of sp³-hybridized carbons (Fsp3) is 0.